The number of rotatable bonds is 0. The third-order valence-electron chi connectivity index (χ3n) is 1.20. The largest absolute Gasteiger partial charge is 0.454 e. The lowest BCUT2D eigenvalue weighted by Gasteiger charge is -1.89. The van der Waals surface area contributed by atoms with Crippen LogP contribution in [0.4, 0.5) is 0 Å². The van der Waals surface area contributed by atoms with E-state index in [0.29, 0.717) is 17.5 Å². The molecule has 0 bridgehead atoms. The molecule has 0 unspecified atom stereocenters. The average Bonchev–Trinajstić information content (AvgIpc) is 2.36. The molecule has 2 nitrogen and oxygen atoms in total. The molecule has 1 aliphatic rings. The molecule has 1 aliphatic heterocycles. The van der Waals surface area contributed by atoms with Crippen LogP contribution >= 0.6 is 0 Å². The van der Waals surface area contributed by atoms with E-state index in [-0.39, 0.29) is 6.79 Å². The zero-order valence-electron chi connectivity index (χ0n) is 5.76. The summed E-state index contributed by atoms with van der Waals surface area (Å²) in [7, 11) is 0. The van der Waals surface area contributed by atoms with Crippen LogP contribution in [0.25, 0.3) is 0 Å². The molecule has 2 rings (SSSR count). The number of benzene rings is 1. The molecule has 0 amide bonds. The van der Waals surface area contributed by atoms with Gasteiger partial charge >= 0.3 is 0 Å². The maximum Gasteiger partial charge on any atom is 0.231 e. The van der Waals surface area contributed by atoms with Gasteiger partial charge in [0.1, 0.15) is 0 Å². The van der Waals surface area contributed by atoms with Crippen molar-refractivity contribution in [1.29, 1.82) is 0 Å². The number of ether oxygens (including phenoxy) is 2. The lowest BCUT2D eigenvalue weighted by Crippen LogP contribution is -1.92. The second-order valence-corrected chi connectivity index (χ2v) is 1.77. The van der Waals surface area contributed by atoms with E-state index in [1.54, 1.807) is 18.2 Å². The van der Waals surface area contributed by atoms with Crippen LogP contribution in [0.15, 0.2) is 24.2 Å². The Morgan fingerprint density at radius 3 is 3.11 bits per heavy atom. The second kappa shape index (κ2) is 1.65. The maximum absolute atomic E-state index is 7.35. The van der Waals surface area contributed by atoms with Crippen LogP contribution in [0.1, 0.15) is 1.37 Å². The summed E-state index contributed by atoms with van der Waals surface area (Å²) >= 11 is 0. The molecule has 0 saturated carbocycles. The summed E-state index contributed by atoms with van der Waals surface area (Å²) in [6.07, 6.45) is 0. The van der Waals surface area contributed by atoms with E-state index in [1.165, 1.54) is 0 Å². The van der Waals surface area contributed by atoms with Crippen LogP contribution in [0.5, 0.6) is 11.5 Å². The average molecular weight is 123 g/mol. The van der Waals surface area contributed by atoms with Gasteiger partial charge in [-0.15, -0.1) is 0 Å². The zero-order chi connectivity index (χ0) is 6.97. The van der Waals surface area contributed by atoms with Gasteiger partial charge in [0, 0.05) is 0 Å². The fraction of sp³-hybridized carbons (Fsp3) is 0.143. The molecule has 0 aliphatic carbocycles. The summed E-state index contributed by atoms with van der Waals surface area (Å²) in [5.74, 6) is 1.23. The SMILES string of the molecule is [2H]c1cccc2c1OCO2. The van der Waals surface area contributed by atoms with Gasteiger partial charge in [-0.1, -0.05) is 12.1 Å². The van der Waals surface area contributed by atoms with Gasteiger partial charge in [0.2, 0.25) is 6.79 Å². The van der Waals surface area contributed by atoms with Gasteiger partial charge in [0.25, 0.3) is 0 Å². The van der Waals surface area contributed by atoms with Crippen molar-refractivity contribution in [2.75, 3.05) is 6.79 Å². The van der Waals surface area contributed by atoms with E-state index in [9.17, 15) is 0 Å². The molecule has 0 spiro atoms. The summed E-state index contributed by atoms with van der Waals surface area (Å²) < 4.78 is 17.4. The molecule has 0 saturated heterocycles. The van der Waals surface area contributed by atoms with Crippen LogP contribution in [-0.4, -0.2) is 6.79 Å². The first kappa shape index (κ1) is 3.77. The van der Waals surface area contributed by atoms with Crippen molar-refractivity contribution in [3.8, 4) is 11.5 Å². The Kier molecular flexibility index (Phi) is 0.693. The van der Waals surface area contributed by atoms with E-state index in [1.807, 2.05) is 0 Å². The van der Waals surface area contributed by atoms with Gasteiger partial charge in [0.15, 0.2) is 11.5 Å². The van der Waals surface area contributed by atoms with E-state index in [0.717, 1.165) is 0 Å². The minimum Gasteiger partial charge on any atom is -0.454 e. The Morgan fingerprint density at radius 1 is 1.33 bits per heavy atom. The summed E-state index contributed by atoms with van der Waals surface area (Å²) in [6, 6.07) is 5.62. The molecule has 9 heavy (non-hydrogen) atoms. The molecule has 0 fully saturated rings. The Hall–Kier alpha value is -1.18. The second-order valence-electron chi connectivity index (χ2n) is 1.77. The third-order valence-corrected chi connectivity index (χ3v) is 1.20. The molecule has 0 N–H and O–H groups in total. The van der Waals surface area contributed by atoms with Gasteiger partial charge in [-0.3, -0.25) is 0 Å². The fourth-order valence-electron chi connectivity index (χ4n) is 0.784. The van der Waals surface area contributed by atoms with Gasteiger partial charge in [0.05, 0.1) is 1.37 Å². The van der Waals surface area contributed by atoms with Crippen molar-refractivity contribution in [3.05, 3.63) is 24.2 Å². The van der Waals surface area contributed by atoms with Crippen LogP contribution in [-0.2, 0) is 0 Å². The molecule has 1 aromatic rings. The molecule has 1 heterocycles. The Balaban J connectivity index is 2.59. The molecule has 0 aromatic heterocycles. The van der Waals surface area contributed by atoms with Crippen molar-refractivity contribution in [1.82, 2.24) is 0 Å². The zero-order valence-corrected chi connectivity index (χ0v) is 4.76. The normalized spacial score (nSPS) is 15.3. The Labute approximate surface area is 54.4 Å². The summed E-state index contributed by atoms with van der Waals surface area (Å²) in [6.45, 7) is 0.241. The molecular formula is C7H6O2. The number of hydrogen-bond acceptors (Lipinski definition) is 2. The minimum absolute atomic E-state index is 0.241. The van der Waals surface area contributed by atoms with Crippen LogP contribution in [0.3, 0.4) is 0 Å². The summed E-state index contributed by atoms with van der Waals surface area (Å²) in [5, 5.41) is 0. The fourth-order valence-corrected chi connectivity index (χ4v) is 0.784. The molecular weight excluding hydrogens is 116 g/mol. The first-order valence-corrected chi connectivity index (χ1v) is 2.73. The van der Waals surface area contributed by atoms with E-state index in [4.69, 9.17) is 10.8 Å². The highest BCUT2D eigenvalue weighted by molar-refractivity contribution is 5.40. The molecule has 0 atom stereocenters. The van der Waals surface area contributed by atoms with Crippen LogP contribution in [0, 0.1) is 0 Å². The number of fused-ring (bicyclic) bond motifs is 1. The predicted molar refractivity (Wildman–Crippen MR) is 32.6 cm³/mol. The van der Waals surface area contributed by atoms with Crippen molar-refractivity contribution in [3.63, 3.8) is 0 Å². The quantitative estimate of drug-likeness (QED) is 0.519. The minimum atomic E-state index is 0.241. The maximum atomic E-state index is 7.35. The standard InChI is InChI=1S/C7H6O2/c1-2-4-7-6(3-1)8-5-9-7/h1-4H,5H2/i3D. The van der Waals surface area contributed by atoms with Crippen LogP contribution < -0.4 is 9.47 Å². The van der Waals surface area contributed by atoms with Crippen molar-refractivity contribution in [2.45, 2.75) is 0 Å². The van der Waals surface area contributed by atoms with E-state index in [2.05, 4.69) is 0 Å². The Morgan fingerprint density at radius 2 is 2.22 bits per heavy atom. The van der Waals surface area contributed by atoms with Gasteiger partial charge in [-0.2, -0.15) is 0 Å². The highest BCUT2D eigenvalue weighted by Crippen LogP contribution is 2.30. The van der Waals surface area contributed by atoms with Gasteiger partial charge in [-0.05, 0) is 12.1 Å². The summed E-state index contributed by atoms with van der Waals surface area (Å²) in [4.78, 5) is 0. The number of hydrogen-bond donors (Lipinski definition) is 0. The highest BCUT2D eigenvalue weighted by Gasteiger charge is 2.09. The van der Waals surface area contributed by atoms with Crippen molar-refractivity contribution >= 4 is 0 Å². The number of para-hydroxylation sites is 2. The monoisotopic (exact) mass is 123 g/mol. The Bertz CT molecular complexity index is 260. The lowest BCUT2D eigenvalue weighted by molar-refractivity contribution is 0.174. The highest BCUT2D eigenvalue weighted by atomic mass is 16.7. The van der Waals surface area contributed by atoms with Gasteiger partial charge < -0.3 is 9.47 Å². The lowest BCUT2D eigenvalue weighted by atomic mass is 10.3. The van der Waals surface area contributed by atoms with Crippen molar-refractivity contribution < 1.29 is 10.8 Å². The topological polar surface area (TPSA) is 18.5 Å². The smallest absolute Gasteiger partial charge is 0.231 e. The molecule has 46 valence electrons. The van der Waals surface area contributed by atoms with Crippen molar-refractivity contribution in [2.24, 2.45) is 0 Å². The summed E-state index contributed by atoms with van der Waals surface area (Å²) in [5.41, 5.74) is 0. The molecule has 1 aromatic carbocycles. The first-order valence-electron chi connectivity index (χ1n) is 3.23. The van der Waals surface area contributed by atoms with E-state index >= 15 is 0 Å². The molecule has 2 heteroatoms. The third kappa shape index (κ3) is 0.633. The van der Waals surface area contributed by atoms with Crippen LogP contribution in [0.2, 0.25) is 0 Å². The first-order chi connectivity index (χ1) is 4.88. The van der Waals surface area contributed by atoms with Gasteiger partial charge in [-0.25, -0.2) is 0 Å². The predicted octanol–water partition coefficient (Wildman–Crippen LogP) is 1.42. The van der Waals surface area contributed by atoms with E-state index < -0.39 is 0 Å². The molecule has 0 radical (unpaired) electrons.